The van der Waals surface area contributed by atoms with Gasteiger partial charge in [0, 0.05) is 12.2 Å². The fourth-order valence-electron chi connectivity index (χ4n) is 2.44. The van der Waals surface area contributed by atoms with Gasteiger partial charge < -0.3 is 15.1 Å². The van der Waals surface area contributed by atoms with Gasteiger partial charge in [-0.25, -0.2) is 13.1 Å². The number of carbonyl (C=O) groups is 2. The molecule has 10 heteroatoms. The number of nitrogens with one attached hydrogen (secondary N) is 3. The number of sulfonamides is 1. The average Bonchev–Trinajstić information content (AvgIpc) is 3.40. The molecule has 0 saturated carbocycles. The molecule has 0 aliphatic rings. The highest BCUT2D eigenvalue weighted by Gasteiger charge is 2.14. The Morgan fingerprint density at radius 2 is 1.80 bits per heavy atom. The maximum absolute atomic E-state index is 12.4. The van der Waals surface area contributed by atoms with Crippen LogP contribution in [0.15, 0.2) is 71.9 Å². The molecule has 2 aromatic heterocycles. The Hall–Kier alpha value is -3.21. The normalized spacial score (nSPS) is 11.1. The maximum atomic E-state index is 12.4. The Bertz CT molecular complexity index is 1130. The van der Waals surface area contributed by atoms with Gasteiger partial charge in [0.15, 0.2) is 5.76 Å². The molecule has 0 bridgehead atoms. The summed E-state index contributed by atoms with van der Waals surface area (Å²) in [5.74, 6) is -0.733. The van der Waals surface area contributed by atoms with Crippen molar-refractivity contribution in [2.75, 3.05) is 17.2 Å². The first-order valence-electron chi connectivity index (χ1n) is 8.79. The zero-order valence-electron chi connectivity index (χ0n) is 15.8. The highest BCUT2D eigenvalue weighted by Crippen LogP contribution is 2.24. The molecular formula is C20H19N3O5S2. The standard InChI is InChI=1S/C20H19N3O5S2/c1-2-11-21-30(26,27)13-14-5-7-15(8-6-14)22-20(25)17-9-10-18(29-17)23-19(24)16-4-3-12-28-16/h2-10,12,21H,1,11,13H2,(H,22,25)(H,23,24). The molecule has 156 valence electrons. The van der Waals surface area contributed by atoms with Crippen molar-refractivity contribution in [3.63, 3.8) is 0 Å². The molecule has 3 rings (SSSR count). The van der Waals surface area contributed by atoms with Crippen LogP contribution in [0.5, 0.6) is 0 Å². The number of thiophene rings is 1. The van der Waals surface area contributed by atoms with E-state index in [-0.39, 0.29) is 24.0 Å². The lowest BCUT2D eigenvalue weighted by atomic mass is 10.2. The molecule has 0 radical (unpaired) electrons. The summed E-state index contributed by atoms with van der Waals surface area (Å²) in [6, 6.07) is 12.9. The molecule has 30 heavy (non-hydrogen) atoms. The second-order valence-corrected chi connectivity index (χ2v) is 9.03. The minimum absolute atomic E-state index is 0.168. The fourth-order valence-corrected chi connectivity index (χ4v) is 4.34. The van der Waals surface area contributed by atoms with E-state index in [9.17, 15) is 18.0 Å². The third-order valence-corrected chi connectivity index (χ3v) is 6.15. The van der Waals surface area contributed by atoms with Crippen LogP contribution in [-0.2, 0) is 15.8 Å². The van der Waals surface area contributed by atoms with Crippen molar-refractivity contribution >= 4 is 43.9 Å². The van der Waals surface area contributed by atoms with Crippen LogP contribution < -0.4 is 15.4 Å². The van der Waals surface area contributed by atoms with E-state index in [2.05, 4.69) is 21.9 Å². The Labute approximate surface area is 177 Å². The molecule has 0 spiro atoms. The number of carbonyl (C=O) groups excluding carboxylic acids is 2. The van der Waals surface area contributed by atoms with E-state index in [1.54, 1.807) is 48.5 Å². The lowest BCUT2D eigenvalue weighted by Gasteiger charge is -2.07. The third-order valence-electron chi connectivity index (χ3n) is 3.83. The Morgan fingerprint density at radius 1 is 1.03 bits per heavy atom. The van der Waals surface area contributed by atoms with Gasteiger partial charge >= 0.3 is 0 Å². The highest BCUT2D eigenvalue weighted by molar-refractivity contribution is 7.88. The van der Waals surface area contributed by atoms with Crippen molar-refractivity contribution in [2.24, 2.45) is 0 Å². The molecule has 8 nitrogen and oxygen atoms in total. The van der Waals surface area contributed by atoms with Gasteiger partial charge in [0.1, 0.15) is 0 Å². The Balaban J connectivity index is 1.58. The van der Waals surface area contributed by atoms with Gasteiger partial charge in [0.25, 0.3) is 11.8 Å². The summed E-state index contributed by atoms with van der Waals surface area (Å²) < 4.78 is 31.2. The number of hydrogen-bond acceptors (Lipinski definition) is 6. The third kappa shape index (κ3) is 5.89. The summed E-state index contributed by atoms with van der Waals surface area (Å²) in [5, 5.41) is 5.91. The van der Waals surface area contributed by atoms with Gasteiger partial charge in [0.2, 0.25) is 10.0 Å². The Kier molecular flexibility index (Phi) is 6.83. The predicted octanol–water partition coefficient (Wildman–Crippen LogP) is 3.45. The molecule has 3 N–H and O–H groups in total. The number of anilines is 2. The molecule has 2 heterocycles. The van der Waals surface area contributed by atoms with Gasteiger partial charge in [-0.15, -0.1) is 17.9 Å². The van der Waals surface area contributed by atoms with Crippen molar-refractivity contribution in [1.29, 1.82) is 0 Å². The van der Waals surface area contributed by atoms with Crippen LogP contribution >= 0.6 is 11.3 Å². The molecular weight excluding hydrogens is 426 g/mol. The van der Waals surface area contributed by atoms with E-state index in [4.69, 9.17) is 4.42 Å². The molecule has 0 unspecified atom stereocenters. The second kappa shape index (κ2) is 9.53. The van der Waals surface area contributed by atoms with Gasteiger partial charge in [0.05, 0.1) is 21.9 Å². The average molecular weight is 446 g/mol. The summed E-state index contributed by atoms with van der Waals surface area (Å²) in [4.78, 5) is 24.8. The first kappa shape index (κ1) is 21.5. The summed E-state index contributed by atoms with van der Waals surface area (Å²) in [6.45, 7) is 3.64. The van der Waals surface area contributed by atoms with Gasteiger partial charge in [-0.1, -0.05) is 18.2 Å². The SMILES string of the molecule is C=CCNS(=O)(=O)Cc1ccc(NC(=O)c2ccc(NC(=O)c3ccco3)s2)cc1. The number of hydrogen-bond donors (Lipinski definition) is 3. The maximum Gasteiger partial charge on any atom is 0.291 e. The highest BCUT2D eigenvalue weighted by atomic mass is 32.2. The van der Waals surface area contributed by atoms with Crippen molar-refractivity contribution in [3.05, 3.63) is 83.6 Å². The minimum Gasteiger partial charge on any atom is -0.459 e. The summed E-state index contributed by atoms with van der Waals surface area (Å²) >= 11 is 1.12. The van der Waals surface area contributed by atoms with E-state index in [1.165, 1.54) is 12.3 Å². The van der Waals surface area contributed by atoms with E-state index in [0.717, 1.165) is 11.3 Å². The second-order valence-electron chi connectivity index (χ2n) is 6.14. The molecule has 2 amide bonds. The summed E-state index contributed by atoms with van der Waals surface area (Å²) in [6.07, 6.45) is 2.87. The lowest BCUT2D eigenvalue weighted by Crippen LogP contribution is -2.25. The summed E-state index contributed by atoms with van der Waals surface area (Å²) in [7, 11) is -3.45. The largest absolute Gasteiger partial charge is 0.459 e. The molecule has 1 aromatic carbocycles. The lowest BCUT2D eigenvalue weighted by molar-refractivity contribution is 0.0995. The van der Waals surface area contributed by atoms with Crippen LogP contribution in [-0.4, -0.2) is 26.8 Å². The van der Waals surface area contributed by atoms with Crippen molar-refractivity contribution < 1.29 is 22.4 Å². The van der Waals surface area contributed by atoms with Crippen molar-refractivity contribution in [1.82, 2.24) is 4.72 Å². The van der Waals surface area contributed by atoms with Crippen LogP contribution in [0.2, 0.25) is 0 Å². The zero-order chi connectivity index (χ0) is 21.6. The quantitative estimate of drug-likeness (QED) is 0.436. The molecule has 0 atom stereocenters. The number of furan rings is 1. The van der Waals surface area contributed by atoms with Crippen LogP contribution in [0, 0.1) is 0 Å². The zero-order valence-corrected chi connectivity index (χ0v) is 17.4. The molecule has 3 aromatic rings. The van der Waals surface area contributed by atoms with E-state index in [0.29, 0.717) is 21.1 Å². The van der Waals surface area contributed by atoms with Crippen LogP contribution in [0.4, 0.5) is 10.7 Å². The van der Waals surface area contributed by atoms with Crippen LogP contribution in [0.1, 0.15) is 25.8 Å². The Morgan fingerprint density at radius 3 is 2.47 bits per heavy atom. The monoisotopic (exact) mass is 445 g/mol. The summed E-state index contributed by atoms with van der Waals surface area (Å²) in [5.41, 5.74) is 1.11. The predicted molar refractivity (Wildman–Crippen MR) is 116 cm³/mol. The van der Waals surface area contributed by atoms with Gasteiger partial charge in [-0.2, -0.15) is 0 Å². The first-order valence-corrected chi connectivity index (χ1v) is 11.3. The first-order chi connectivity index (χ1) is 14.4. The number of amides is 2. The van der Waals surface area contributed by atoms with Crippen molar-refractivity contribution in [3.8, 4) is 0 Å². The minimum atomic E-state index is -3.45. The molecule has 0 aliphatic heterocycles. The van der Waals surface area contributed by atoms with Gasteiger partial charge in [-0.3, -0.25) is 9.59 Å². The van der Waals surface area contributed by atoms with Crippen LogP contribution in [0.3, 0.4) is 0 Å². The number of rotatable bonds is 9. The topological polar surface area (TPSA) is 118 Å². The molecule has 0 fully saturated rings. The smallest absolute Gasteiger partial charge is 0.291 e. The van der Waals surface area contributed by atoms with E-state index < -0.39 is 15.9 Å². The molecule has 0 aliphatic carbocycles. The molecule has 0 saturated heterocycles. The fraction of sp³-hybridized carbons (Fsp3) is 0.100. The van der Waals surface area contributed by atoms with Crippen LogP contribution in [0.25, 0.3) is 0 Å². The van der Waals surface area contributed by atoms with E-state index >= 15 is 0 Å². The van der Waals surface area contributed by atoms with Gasteiger partial charge in [-0.05, 0) is 42.0 Å². The van der Waals surface area contributed by atoms with E-state index in [1.807, 2.05) is 0 Å². The van der Waals surface area contributed by atoms with Crippen molar-refractivity contribution in [2.45, 2.75) is 5.75 Å². The number of benzene rings is 1.